The van der Waals surface area contributed by atoms with Crippen molar-refractivity contribution in [1.29, 1.82) is 0 Å². The predicted molar refractivity (Wildman–Crippen MR) is 113 cm³/mol. The summed E-state index contributed by atoms with van der Waals surface area (Å²) in [6.07, 6.45) is 0.759. The predicted octanol–water partition coefficient (Wildman–Crippen LogP) is 2.37. The number of carbonyl (C=O) groups excluding carboxylic acids is 1. The van der Waals surface area contributed by atoms with Gasteiger partial charge in [-0.2, -0.15) is 0 Å². The van der Waals surface area contributed by atoms with Crippen molar-refractivity contribution in [3.63, 3.8) is 0 Å². The number of methoxy groups -OCH3 is 1. The number of ether oxygens (including phenoxy) is 1. The van der Waals surface area contributed by atoms with Crippen LogP contribution in [0.5, 0.6) is 5.75 Å². The molecule has 0 aliphatic rings. The minimum atomic E-state index is -4.24. The summed E-state index contributed by atoms with van der Waals surface area (Å²) in [4.78, 5) is 23.7. The molecular formula is C19H24N4O6S. The van der Waals surface area contributed by atoms with Gasteiger partial charge in [-0.3, -0.25) is 19.6 Å². The summed E-state index contributed by atoms with van der Waals surface area (Å²) in [6.45, 7) is 2.29. The fourth-order valence-electron chi connectivity index (χ4n) is 2.70. The zero-order valence-corrected chi connectivity index (χ0v) is 17.7. The molecule has 0 saturated heterocycles. The number of nitro groups is 1. The third-order valence-corrected chi connectivity index (χ3v) is 5.55. The highest BCUT2D eigenvalue weighted by molar-refractivity contribution is 7.93. The van der Waals surface area contributed by atoms with Gasteiger partial charge in [-0.25, -0.2) is 8.42 Å². The molecule has 1 amide bonds. The fourth-order valence-corrected chi connectivity index (χ4v) is 4.04. The standard InChI is InChI=1S/C19H24N4O6S/c1-4-11-20-19(24)13-22(2)16-10-9-14(23(25)26)12-18(16)30(27,28)21-15-7-5-6-8-17(15)29-3/h5-10,12,21H,4,11,13H2,1-3H3,(H,20,24). The number of sulfonamides is 1. The number of benzene rings is 2. The van der Waals surface area contributed by atoms with Crippen molar-refractivity contribution in [2.75, 3.05) is 36.9 Å². The highest BCUT2D eigenvalue weighted by Crippen LogP contribution is 2.32. The summed E-state index contributed by atoms with van der Waals surface area (Å²) >= 11 is 0. The summed E-state index contributed by atoms with van der Waals surface area (Å²) in [7, 11) is -1.30. The third kappa shape index (κ3) is 5.60. The van der Waals surface area contributed by atoms with Crippen LogP contribution in [0, 0.1) is 10.1 Å². The molecule has 162 valence electrons. The average Bonchev–Trinajstić information content (AvgIpc) is 2.71. The number of rotatable bonds is 10. The zero-order chi connectivity index (χ0) is 22.3. The second-order valence-electron chi connectivity index (χ2n) is 6.42. The van der Waals surface area contributed by atoms with E-state index in [4.69, 9.17) is 4.74 Å². The van der Waals surface area contributed by atoms with Gasteiger partial charge >= 0.3 is 0 Å². The molecule has 2 aromatic rings. The smallest absolute Gasteiger partial charge is 0.270 e. The molecule has 2 N–H and O–H groups in total. The Labute approximate surface area is 175 Å². The van der Waals surface area contributed by atoms with Crippen LogP contribution < -0.4 is 19.7 Å². The molecular weight excluding hydrogens is 412 g/mol. The quantitative estimate of drug-likeness (QED) is 0.432. The van der Waals surface area contributed by atoms with E-state index in [-0.39, 0.29) is 34.4 Å². The summed E-state index contributed by atoms with van der Waals surface area (Å²) < 4.78 is 33.8. The van der Waals surface area contributed by atoms with Crippen LogP contribution in [-0.2, 0) is 14.8 Å². The minimum absolute atomic E-state index is 0.116. The van der Waals surface area contributed by atoms with E-state index in [1.165, 1.54) is 37.3 Å². The summed E-state index contributed by atoms with van der Waals surface area (Å²) in [5.74, 6) is -0.000840. The number of non-ortho nitro benzene ring substituents is 1. The van der Waals surface area contributed by atoms with Crippen LogP contribution >= 0.6 is 0 Å². The maximum absolute atomic E-state index is 13.1. The Morgan fingerprint density at radius 2 is 1.93 bits per heavy atom. The SMILES string of the molecule is CCCNC(=O)CN(C)c1ccc([N+](=O)[O-])cc1S(=O)(=O)Nc1ccccc1OC. The molecule has 0 atom stereocenters. The number of hydrogen-bond donors (Lipinski definition) is 2. The molecule has 0 radical (unpaired) electrons. The Bertz CT molecular complexity index is 1030. The molecule has 30 heavy (non-hydrogen) atoms. The number of anilines is 2. The highest BCUT2D eigenvalue weighted by atomic mass is 32.2. The second-order valence-corrected chi connectivity index (χ2v) is 8.07. The Kier molecular flexibility index (Phi) is 7.59. The third-order valence-electron chi connectivity index (χ3n) is 4.16. The van der Waals surface area contributed by atoms with Crippen molar-refractivity contribution in [3.05, 3.63) is 52.6 Å². The Balaban J connectivity index is 2.46. The van der Waals surface area contributed by atoms with Crippen molar-refractivity contribution in [1.82, 2.24) is 5.32 Å². The van der Waals surface area contributed by atoms with Gasteiger partial charge in [0.05, 0.1) is 30.0 Å². The van der Waals surface area contributed by atoms with Crippen LogP contribution in [0.4, 0.5) is 17.1 Å². The molecule has 0 unspecified atom stereocenters. The van der Waals surface area contributed by atoms with Gasteiger partial charge in [0.25, 0.3) is 15.7 Å². The first-order valence-corrected chi connectivity index (χ1v) is 10.6. The van der Waals surface area contributed by atoms with Crippen molar-refractivity contribution in [2.45, 2.75) is 18.2 Å². The van der Waals surface area contributed by atoms with Crippen LogP contribution in [0.2, 0.25) is 0 Å². The van der Waals surface area contributed by atoms with Gasteiger partial charge in [-0.1, -0.05) is 19.1 Å². The lowest BCUT2D eigenvalue weighted by atomic mass is 10.2. The highest BCUT2D eigenvalue weighted by Gasteiger charge is 2.26. The normalized spacial score (nSPS) is 10.9. The van der Waals surface area contributed by atoms with Crippen LogP contribution in [-0.4, -0.2) is 46.5 Å². The maximum atomic E-state index is 13.1. The summed E-state index contributed by atoms with van der Waals surface area (Å²) in [5, 5.41) is 13.9. The number of para-hydroxylation sites is 2. The number of nitro benzene ring substituents is 1. The zero-order valence-electron chi connectivity index (χ0n) is 16.9. The lowest BCUT2D eigenvalue weighted by Crippen LogP contribution is -2.36. The molecule has 2 rings (SSSR count). The van der Waals surface area contributed by atoms with Crippen LogP contribution in [0.3, 0.4) is 0 Å². The number of carbonyl (C=O) groups is 1. The van der Waals surface area contributed by atoms with E-state index < -0.39 is 14.9 Å². The molecule has 0 aliphatic carbocycles. The molecule has 11 heteroatoms. The maximum Gasteiger partial charge on any atom is 0.270 e. The van der Waals surface area contributed by atoms with Crippen LogP contribution in [0.1, 0.15) is 13.3 Å². The summed E-state index contributed by atoms with van der Waals surface area (Å²) in [6, 6.07) is 9.86. The molecule has 0 aromatic heterocycles. The van der Waals surface area contributed by atoms with Gasteiger partial charge in [-0.05, 0) is 24.6 Å². The number of nitrogens with zero attached hydrogens (tertiary/aromatic N) is 2. The van der Waals surface area contributed by atoms with E-state index in [0.29, 0.717) is 12.3 Å². The summed E-state index contributed by atoms with van der Waals surface area (Å²) in [5.41, 5.74) is -0.0570. The Hall–Kier alpha value is -3.34. The first-order valence-electron chi connectivity index (χ1n) is 9.11. The minimum Gasteiger partial charge on any atom is -0.495 e. The average molecular weight is 436 g/mol. The molecule has 0 spiro atoms. The van der Waals surface area contributed by atoms with Crippen molar-refractivity contribution in [3.8, 4) is 5.75 Å². The molecule has 0 aliphatic heterocycles. The topological polar surface area (TPSA) is 131 Å². The van der Waals surface area contributed by atoms with Crippen molar-refractivity contribution in [2.24, 2.45) is 0 Å². The number of hydrogen-bond acceptors (Lipinski definition) is 7. The lowest BCUT2D eigenvalue weighted by molar-refractivity contribution is -0.385. The number of amides is 1. The second kappa shape index (κ2) is 9.92. The Morgan fingerprint density at radius 3 is 2.57 bits per heavy atom. The van der Waals surface area contributed by atoms with Crippen LogP contribution in [0.15, 0.2) is 47.4 Å². The van der Waals surface area contributed by atoms with Crippen molar-refractivity contribution >= 4 is 33.0 Å². The van der Waals surface area contributed by atoms with Gasteiger partial charge in [0, 0.05) is 25.7 Å². The van der Waals surface area contributed by atoms with E-state index >= 15 is 0 Å². The molecule has 2 aromatic carbocycles. The fraction of sp³-hybridized carbons (Fsp3) is 0.316. The van der Waals surface area contributed by atoms with E-state index in [1.54, 1.807) is 18.2 Å². The monoisotopic (exact) mass is 436 g/mol. The first-order chi connectivity index (χ1) is 14.2. The van der Waals surface area contributed by atoms with E-state index in [1.807, 2.05) is 6.92 Å². The molecule has 10 nitrogen and oxygen atoms in total. The van der Waals surface area contributed by atoms with Gasteiger partial charge in [0.1, 0.15) is 10.6 Å². The van der Waals surface area contributed by atoms with E-state index in [0.717, 1.165) is 12.5 Å². The van der Waals surface area contributed by atoms with Crippen LogP contribution in [0.25, 0.3) is 0 Å². The van der Waals surface area contributed by atoms with Gasteiger partial charge in [-0.15, -0.1) is 0 Å². The molecule has 0 fully saturated rings. The van der Waals surface area contributed by atoms with Gasteiger partial charge < -0.3 is 15.0 Å². The number of likely N-dealkylation sites (N-methyl/N-ethyl adjacent to an activating group) is 1. The largest absolute Gasteiger partial charge is 0.495 e. The molecule has 0 heterocycles. The lowest BCUT2D eigenvalue weighted by Gasteiger charge is -2.22. The van der Waals surface area contributed by atoms with E-state index in [2.05, 4.69) is 10.0 Å². The Morgan fingerprint density at radius 1 is 1.23 bits per heavy atom. The van der Waals surface area contributed by atoms with Gasteiger partial charge in [0.15, 0.2) is 0 Å². The molecule has 0 saturated carbocycles. The van der Waals surface area contributed by atoms with Crippen molar-refractivity contribution < 1.29 is 22.9 Å². The number of nitrogens with one attached hydrogen (secondary N) is 2. The van der Waals surface area contributed by atoms with E-state index in [9.17, 15) is 23.3 Å². The molecule has 0 bridgehead atoms. The van der Waals surface area contributed by atoms with Gasteiger partial charge in [0.2, 0.25) is 5.91 Å². The first kappa shape index (κ1) is 22.9.